The van der Waals surface area contributed by atoms with E-state index in [1.165, 1.54) is 19.2 Å². The molecule has 0 spiro atoms. The van der Waals surface area contributed by atoms with Gasteiger partial charge in [0.1, 0.15) is 16.6 Å². The molecule has 30 heavy (non-hydrogen) atoms. The van der Waals surface area contributed by atoms with E-state index < -0.39 is 10.0 Å². The van der Waals surface area contributed by atoms with Crippen molar-refractivity contribution in [3.8, 4) is 5.75 Å². The number of ether oxygens (including phenoxy) is 1. The normalized spacial score (nSPS) is 15.5. The van der Waals surface area contributed by atoms with Gasteiger partial charge in [-0.05, 0) is 24.3 Å². The molecule has 0 aliphatic carbocycles. The quantitative estimate of drug-likeness (QED) is 0.567. The standard InChI is InChI=1S/C19H23Cl2N3O4S2/c1-22(30(26,27)19-7-6-17(21)29-19)14-18(25)24-10-8-23(9-11-24)12-13-28-16-5-3-2-4-15(16)20/h2-7H,8-14H2,1H3. The number of nitrogens with zero attached hydrogens (tertiary/aromatic N) is 3. The van der Waals surface area contributed by atoms with Gasteiger partial charge in [0.05, 0.1) is 15.9 Å². The molecule has 0 N–H and O–H groups in total. The highest BCUT2D eigenvalue weighted by atomic mass is 35.5. The zero-order valence-corrected chi connectivity index (χ0v) is 19.6. The molecule has 11 heteroatoms. The summed E-state index contributed by atoms with van der Waals surface area (Å²) in [6, 6.07) is 10.3. The molecule has 3 rings (SSSR count). The van der Waals surface area contributed by atoms with Crippen molar-refractivity contribution in [2.75, 3.05) is 52.9 Å². The number of hydrogen-bond donors (Lipinski definition) is 0. The number of piperazine rings is 1. The van der Waals surface area contributed by atoms with Gasteiger partial charge in [-0.25, -0.2) is 8.42 Å². The number of carbonyl (C=O) groups is 1. The minimum atomic E-state index is -3.72. The molecule has 2 heterocycles. The van der Waals surface area contributed by atoms with Gasteiger partial charge in [-0.15, -0.1) is 11.3 Å². The van der Waals surface area contributed by atoms with E-state index in [4.69, 9.17) is 27.9 Å². The predicted molar refractivity (Wildman–Crippen MR) is 119 cm³/mol. The predicted octanol–water partition coefficient (Wildman–Crippen LogP) is 2.90. The van der Waals surface area contributed by atoms with E-state index in [2.05, 4.69) is 4.90 Å². The second-order valence-corrected chi connectivity index (χ2v) is 11.2. The van der Waals surface area contributed by atoms with Crippen molar-refractivity contribution in [2.24, 2.45) is 0 Å². The van der Waals surface area contributed by atoms with Crippen molar-refractivity contribution in [3.63, 3.8) is 0 Å². The van der Waals surface area contributed by atoms with Gasteiger partial charge in [-0.2, -0.15) is 4.31 Å². The number of amides is 1. The van der Waals surface area contributed by atoms with Crippen LogP contribution in [0.1, 0.15) is 0 Å². The number of halogens is 2. The van der Waals surface area contributed by atoms with Crippen molar-refractivity contribution >= 4 is 50.5 Å². The molecular weight excluding hydrogens is 469 g/mol. The Bertz CT molecular complexity index is 976. The summed E-state index contributed by atoms with van der Waals surface area (Å²) < 4.78 is 32.4. The Balaban J connectivity index is 1.43. The van der Waals surface area contributed by atoms with Crippen molar-refractivity contribution in [3.05, 3.63) is 45.8 Å². The third kappa shape index (κ3) is 5.87. The third-order valence-electron chi connectivity index (χ3n) is 4.80. The fourth-order valence-corrected chi connectivity index (χ4v) is 6.04. The van der Waals surface area contributed by atoms with E-state index in [0.29, 0.717) is 47.9 Å². The van der Waals surface area contributed by atoms with Crippen LogP contribution < -0.4 is 4.74 Å². The van der Waals surface area contributed by atoms with Gasteiger partial charge >= 0.3 is 0 Å². The van der Waals surface area contributed by atoms with Crippen molar-refractivity contribution in [2.45, 2.75) is 4.21 Å². The monoisotopic (exact) mass is 491 g/mol. The Morgan fingerprint density at radius 1 is 1.13 bits per heavy atom. The molecule has 1 amide bonds. The smallest absolute Gasteiger partial charge is 0.252 e. The second kappa shape index (κ2) is 10.3. The van der Waals surface area contributed by atoms with Gasteiger partial charge in [0.15, 0.2) is 0 Å². The molecular formula is C19H23Cl2N3O4S2. The zero-order valence-electron chi connectivity index (χ0n) is 16.5. The zero-order chi connectivity index (χ0) is 21.7. The summed E-state index contributed by atoms with van der Waals surface area (Å²) in [5.41, 5.74) is 0. The lowest BCUT2D eigenvalue weighted by molar-refractivity contribution is -0.133. The maximum absolute atomic E-state index is 12.6. The second-order valence-electron chi connectivity index (χ2n) is 6.82. The van der Waals surface area contributed by atoms with Crippen molar-refractivity contribution in [1.82, 2.24) is 14.1 Å². The number of hydrogen-bond acceptors (Lipinski definition) is 6. The number of sulfonamides is 1. The van der Waals surface area contributed by atoms with Gasteiger partial charge in [-0.3, -0.25) is 9.69 Å². The van der Waals surface area contributed by atoms with Crippen LogP contribution in [0.3, 0.4) is 0 Å². The number of likely N-dealkylation sites (N-methyl/N-ethyl adjacent to an activating group) is 1. The van der Waals surface area contributed by atoms with Crippen LogP contribution in [0.5, 0.6) is 5.75 Å². The topological polar surface area (TPSA) is 70.2 Å². The molecule has 164 valence electrons. The highest BCUT2D eigenvalue weighted by Gasteiger charge is 2.28. The molecule has 7 nitrogen and oxygen atoms in total. The molecule has 2 aromatic rings. The largest absolute Gasteiger partial charge is 0.491 e. The van der Waals surface area contributed by atoms with Gasteiger partial charge in [0, 0.05) is 39.8 Å². The van der Waals surface area contributed by atoms with E-state index in [1.807, 2.05) is 18.2 Å². The molecule has 0 saturated carbocycles. The average Bonchev–Trinajstić information content (AvgIpc) is 3.17. The molecule has 1 saturated heterocycles. The maximum Gasteiger partial charge on any atom is 0.252 e. The molecule has 1 aromatic carbocycles. The van der Waals surface area contributed by atoms with E-state index in [9.17, 15) is 13.2 Å². The van der Waals surface area contributed by atoms with Gasteiger partial charge in [-0.1, -0.05) is 35.3 Å². The van der Waals surface area contributed by atoms with Crippen LogP contribution in [0.25, 0.3) is 0 Å². The molecule has 0 atom stereocenters. The third-order valence-corrected chi connectivity index (χ3v) is 8.61. The van der Waals surface area contributed by atoms with E-state index in [0.717, 1.165) is 22.2 Å². The lowest BCUT2D eigenvalue weighted by Gasteiger charge is -2.35. The fraction of sp³-hybridized carbons (Fsp3) is 0.421. The molecule has 1 aliphatic heterocycles. The Kier molecular flexibility index (Phi) is 8.00. The van der Waals surface area contributed by atoms with Crippen LogP contribution in [-0.2, 0) is 14.8 Å². The first-order valence-electron chi connectivity index (χ1n) is 9.36. The highest BCUT2D eigenvalue weighted by Crippen LogP contribution is 2.27. The SMILES string of the molecule is CN(CC(=O)N1CCN(CCOc2ccccc2Cl)CC1)S(=O)(=O)c1ccc(Cl)s1. The summed E-state index contributed by atoms with van der Waals surface area (Å²) in [5, 5.41) is 0.580. The van der Waals surface area contributed by atoms with Crippen LogP contribution in [0.2, 0.25) is 9.36 Å². The molecule has 1 aliphatic rings. The van der Waals surface area contributed by atoms with Crippen LogP contribution >= 0.6 is 34.5 Å². The van der Waals surface area contributed by atoms with Gasteiger partial charge < -0.3 is 9.64 Å². The first kappa shape index (κ1) is 23.3. The van der Waals surface area contributed by atoms with Crippen molar-refractivity contribution < 1.29 is 17.9 Å². The van der Waals surface area contributed by atoms with E-state index in [-0.39, 0.29) is 16.7 Å². The van der Waals surface area contributed by atoms with E-state index in [1.54, 1.807) is 11.0 Å². The summed E-state index contributed by atoms with van der Waals surface area (Å²) in [6.45, 7) is 3.52. The first-order chi connectivity index (χ1) is 14.3. The summed E-state index contributed by atoms with van der Waals surface area (Å²) in [7, 11) is -2.32. The molecule has 1 aromatic heterocycles. The number of thiophene rings is 1. The first-order valence-corrected chi connectivity index (χ1v) is 12.4. The Labute approximate surface area is 190 Å². The maximum atomic E-state index is 12.6. The lowest BCUT2D eigenvalue weighted by Crippen LogP contribution is -2.51. The summed E-state index contributed by atoms with van der Waals surface area (Å²) >= 11 is 12.9. The summed E-state index contributed by atoms with van der Waals surface area (Å²) in [6.07, 6.45) is 0. The molecule has 0 unspecified atom stereocenters. The Hall–Kier alpha value is -1.36. The Morgan fingerprint density at radius 2 is 1.83 bits per heavy atom. The summed E-state index contributed by atoms with van der Waals surface area (Å²) in [4.78, 5) is 16.5. The van der Waals surface area contributed by atoms with Crippen molar-refractivity contribution in [1.29, 1.82) is 0 Å². The molecule has 0 radical (unpaired) electrons. The minimum absolute atomic E-state index is 0.131. The molecule has 0 bridgehead atoms. The summed E-state index contributed by atoms with van der Waals surface area (Å²) in [5.74, 6) is 0.444. The number of para-hydroxylation sites is 1. The van der Waals surface area contributed by atoms with Crippen LogP contribution in [0, 0.1) is 0 Å². The number of rotatable bonds is 8. The lowest BCUT2D eigenvalue weighted by atomic mass is 10.3. The van der Waals surface area contributed by atoms with E-state index >= 15 is 0 Å². The van der Waals surface area contributed by atoms with Crippen LogP contribution in [-0.4, -0.2) is 81.4 Å². The van der Waals surface area contributed by atoms with Gasteiger partial charge in [0.2, 0.25) is 5.91 Å². The number of carbonyl (C=O) groups excluding carboxylic acids is 1. The Morgan fingerprint density at radius 3 is 2.47 bits per heavy atom. The van der Waals surface area contributed by atoms with Gasteiger partial charge in [0.25, 0.3) is 10.0 Å². The average molecular weight is 492 g/mol. The highest BCUT2D eigenvalue weighted by molar-refractivity contribution is 7.91. The van der Waals surface area contributed by atoms with Crippen LogP contribution in [0.4, 0.5) is 0 Å². The molecule has 1 fully saturated rings. The minimum Gasteiger partial charge on any atom is -0.491 e. The van der Waals surface area contributed by atoms with Crippen LogP contribution in [0.15, 0.2) is 40.6 Å². The number of benzene rings is 1. The fourth-order valence-electron chi connectivity index (χ4n) is 3.03.